The van der Waals surface area contributed by atoms with Gasteiger partial charge in [-0.3, -0.25) is 0 Å². The van der Waals surface area contributed by atoms with E-state index < -0.39 is 37.0 Å². The predicted octanol–water partition coefficient (Wildman–Crippen LogP) is 29.4. The zero-order chi connectivity index (χ0) is 72.7. The number of halogens is 2. The summed E-state index contributed by atoms with van der Waals surface area (Å²) in [5.41, 5.74) is 21.7. The van der Waals surface area contributed by atoms with Crippen molar-refractivity contribution in [2.75, 3.05) is 13.2 Å². The number of hydrogen-bond donors (Lipinski definition) is 0. The Morgan fingerprint density at radius 1 is 0.374 bits per heavy atom. The van der Waals surface area contributed by atoms with Gasteiger partial charge in [-0.05, 0) is 218 Å². The molecule has 12 unspecified atom stereocenters. The molecule has 0 aliphatic heterocycles. The zero-order valence-electron chi connectivity index (χ0n) is 68.1. The number of benzene rings is 4. The molecular formula is C100H138Cl2O2Si2Zr+2. The fraction of sp³-hybridized carbons (Fsp3) is 0.580. The van der Waals surface area contributed by atoms with Crippen molar-refractivity contribution in [3.8, 4) is 22.3 Å². The first-order valence-electron chi connectivity index (χ1n) is 43.1. The van der Waals surface area contributed by atoms with Crippen LogP contribution in [-0.4, -0.2) is 40.6 Å². The fourth-order valence-corrected chi connectivity index (χ4v) is 37.1. The van der Waals surface area contributed by atoms with Gasteiger partial charge in [-0.2, -0.15) is 0 Å². The van der Waals surface area contributed by atoms with Crippen molar-refractivity contribution in [2.45, 2.75) is 280 Å². The van der Waals surface area contributed by atoms with Gasteiger partial charge in [-0.1, -0.05) is 348 Å². The number of rotatable bonds is 26. The van der Waals surface area contributed by atoms with Crippen molar-refractivity contribution in [3.63, 3.8) is 0 Å². The zero-order valence-corrected chi connectivity index (χ0v) is 74.1. The summed E-state index contributed by atoms with van der Waals surface area (Å²) in [6.07, 6.45) is 75.2. The standard InChI is InChI=1S/C49H70OSi.C49H62OSi.2CH3.2ClH.Zr/c2*1-49(2,3)50-29-15-5-6-16-30-51(4,47-43-23-13-11-21-39(43)41-27-25-37(33-45(41)47)31-35-17-7-8-18-35)48-44-24-14-12-22-40(44)42-28-26-38(34-46(42)48)32-36-19-9-10-20-36;;;;;/h11-14,21-28,33-36,39-48H,5-10,15-20,29-32H2,1-4H3;11-14,21-28,33-36,47-48H,5-10,15-20,29-32H2,1-4H3;2*1H3;2*1H;/q;;2*+1;;;+2/p-2. The van der Waals surface area contributed by atoms with Crippen LogP contribution in [0.4, 0.5) is 0 Å². The first-order chi connectivity index (χ1) is 51.0. The predicted molar refractivity (Wildman–Crippen MR) is 464 cm³/mol. The molecule has 2 nitrogen and oxygen atoms in total. The topological polar surface area (TPSA) is 18.5 Å². The molecule has 0 spiro atoms. The van der Waals surface area contributed by atoms with E-state index in [2.05, 4.69) is 225 Å². The third-order valence-electron chi connectivity index (χ3n) is 28.9. The molecule has 0 N–H and O–H groups in total. The first kappa shape index (κ1) is 82.8. The van der Waals surface area contributed by atoms with Crippen molar-refractivity contribution in [1.29, 1.82) is 0 Å². The van der Waals surface area contributed by atoms with Crippen molar-refractivity contribution in [2.24, 2.45) is 71.0 Å². The Morgan fingerprint density at radius 3 is 1.08 bits per heavy atom. The monoisotopic (exact) mass is 1590 g/mol. The second kappa shape index (κ2) is 37.5. The Kier molecular flexibility index (Phi) is 29.1. The molecule has 0 aromatic heterocycles. The van der Waals surface area contributed by atoms with Crippen LogP contribution >= 0.6 is 17.0 Å². The van der Waals surface area contributed by atoms with Crippen LogP contribution in [0.15, 0.2) is 181 Å². The molecule has 0 amide bonds. The molecule has 12 atom stereocenters. The van der Waals surface area contributed by atoms with Gasteiger partial charge in [0.05, 0.1) is 27.3 Å². The van der Waals surface area contributed by atoms with E-state index in [1.165, 1.54) is 208 Å². The Balaban J connectivity index is 0.000000190. The van der Waals surface area contributed by atoms with Crippen LogP contribution in [0.5, 0.6) is 0 Å². The van der Waals surface area contributed by atoms with Gasteiger partial charge in [-0.15, -0.1) is 0 Å². The van der Waals surface area contributed by atoms with Crippen LogP contribution in [0.2, 0.25) is 36.3 Å². The van der Waals surface area contributed by atoms with Crippen LogP contribution in [0.1, 0.15) is 253 Å². The van der Waals surface area contributed by atoms with E-state index >= 15 is 0 Å². The molecule has 0 bridgehead atoms. The SMILES string of the molecule is CC(C)(C)OCCCCCC[Si](C)(C1C2C=CC=CC2C2C=CC(CC3CCCC3)=CC21)C1C2C=CC=CC2C2C=CC(CC3CCCC3)=CC21.CC(C)(C)OCCCCCC[Si](C)(C1c2ccccc2-c2ccc(CC3CCCC3)cc21)C1c2ccccc2-c2ccc(CC3CCCC3)cc21.[CH3+].[CH3+].[Cl][Zr][Cl]. The molecule has 4 aromatic carbocycles. The molecule has 12 aliphatic carbocycles. The van der Waals surface area contributed by atoms with E-state index in [0.717, 1.165) is 54.4 Å². The van der Waals surface area contributed by atoms with Gasteiger partial charge in [0, 0.05) is 39.1 Å². The van der Waals surface area contributed by atoms with Crippen molar-refractivity contribution >= 4 is 33.2 Å². The molecule has 107 heavy (non-hydrogen) atoms. The van der Waals surface area contributed by atoms with E-state index in [9.17, 15) is 0 Å². The van der Waals surface area contributed by atoms with Gasteiger partial charge < -0.3 is 9.47 Å². The van der Waals surface area contributed by atoms with Crippen LogP contribution in [-0.2, 0) is 43.2 Å². The molecule has 4 aromatic rings. The molecule has 6 saturated carbocycles. The molecule has 0 radical (unpaired) electrons. The van der Waals surface area contributed by atoms with E-state index in [1.54, 1.807) is 44.5 Å². The molecule has 16 rings (SSSR count). The maximum atomic E-state index is 6.15. The van der Waals surface area contributed by atoms with Gasteiger partial charge in [0.15, 0.2) is 0 Å². The Labute approximate surface area is 673 Å². The molecule has 12 aliphatic rings. The van der Waals surface area contributed by atoms with Crippen LogP contribution in [0, 0.1) is 85.9 Å². The van der Waals surface area contributed by atoms with Gasteiger partial charge >= 0.3 is 37.9 Å². The van der Waals surface area contributed by atoms with Crippen molar-refractivity contribution in [1.82, 2.24) is 0 Å². The molecule has 0 saturated heterocycles. The summed E-state index contributed by atoms with van der Waals surface area (Å²) in [5.74, 6) is 9.02. The van der Waals surface area contributed by atoms with E-state index in [-0.39, 0.29) is 26.1 Å². The van der Waals surface area contributed by atoms with E-state index in [4.69, 9.17) is 26.5 Å². The van der Waals surface area contributed by atoms with Crippen LogP contribution in [0.25, 0.3) is 22.3 Å². The Bertz CT molecular complexity index is 3600. The van der Waals surface area contributed by atoms with Gasteiger partial charge in [-0.25, -0.2) is 0 Å². The van der Waals surface area contributed by atoms with Gasteiger partial charge in [0.25, 0.3) is 0 Å². The number of unbranched alkanes of at least 4 members (excludes halogenated alkanes) is 6. The second-order valence-corrected chi connectivity index (χ2v) is 51.3. The molecule has 7 heteroatoms. The quantitative estimate of drug-likeness (QED) is 0.0354. The molecule has 0 heterocycles. The average molecular weight is 1590 g/mol. The fourth-order valence-electron chi connectivity index (χ4n) is 24.4. The number of fused-ring (bicyclic) bond motifs is 12. The number of allylic oxidation sites excluding steroid dienone is 16. The maximum absolute atomic E-state index is 6.15. The van der Waals surface area contributed by atoms with Crippen LogP contribution in [0.3, 0.4) is 0 Å². The van der Waals surface area contributed by atoms with Crippen molar-refractivity contribution in [3.05, 3.63) is 229 Å². The van der Waals surface area contributed by atoms with E-state index in [0.29, 0.717) is 58.4 Å². The summed E-state index contributed by atoms with van der Waals surface area (Å²) >= 11 is -0.826. The Hall–Kier alpha value is -3.64. The number of ether oxygens (including phenoxy) is 2. The second-order valence-electron chi connectivity index (χ2n) is 38.0. The summed E-state index contributed by atoms with van der Waals surface area (Å²) in [5, 5.41) is 0. The first-order valence-corrected chi connectivity index (χ1v) is 55.2. The molecule has 6 fully saturated rings. The minimum atomic E-state index is -2.15. The third kappa shape index (κ3) is 19.1. The normalized spacial score (nSPS) is 28.3. The minimum absolute atomic E-state index is 0. The van der Waals surface area contributed by atoms with E-state index in [1.807, 2.05) is 0 Å². The van der Waals surface area contributed by atoms with Crippen molar-refractivity contribution < 1.29 is 30.3 Å². The summed E-state index contributed by atoms with van der Waals surface area (Å²) in [4.78, 5) is 0. The number of hydrogen-bond acceptors (Lipinski definition) is 2. The molecular weight excluding hydrogens is 1450 g/mol. The molecule has 574 valence electrons. The summed E-state index contributed by atoms with van der Waals surface area (Å²) < 4.78 is 12.3. The van der Waals surface area contributed by atoms with Gasteiger partial charge in [0.2, 0.25) is 0 Å². The summed E-state index contributed by atoms with van der Waals surface area (Å²) in [6, 6.07) is 37.4. The average Bonchev–Trinajstić information content (AvgIpc) is 1.55. The van der Waals surface area contributed by atoms with Gasteiger partial charge in [0.1, 0.15) is 0 Å². The Morgan fingerprint density at radius 2 is 0.701 bits per heavy atom. The summed E-state index contributed by atoms with van der Waals surface area (Å²) in [7, 11) is 5.79. The third-order valence-corrected chi connectivity index (χ3v) is 40.2. The van der Waals surface area contributed by atoms with Crippen LogP contribution < -0.4 is 0 Å². The summed E-state index contributed by atoms with van der Waals surface area (Å²) in [6.45, 7) is 20.7.